The highest BCUT2D eigenvalue weighted by Gasteiger charge is 2.18. The minimum atomic E-state index is 0.513. The summed E-state index contributed by atoms with van der Waals surface area (Å²) in [5, 5.41) is 2.99. The molecule has 0 amide bonds. The molecule has 0 saturated carbocycles. The number of hydrogen-bond acceptors (Lipinski definition) is 3. The molecule has 0 unspecified atom stereocenters. The molecule has 0 fully saturated rings. The van der Waals surface area contributed by atoms with Crippen LogP contribution in [0.3, 0.4) is 0 Å². The number of pyridine rings is 1. The van der Waals surface area contributed by atoms with E-state index in [1.807, 2.05) is 6.07 Å². The molecule has 0 atom stereocenters. The fourth-order valence-electron chi connectivity index (χ4n) is 2.46. The van der Waals surface area contributed by atoms with Gasteiger partial charge in [0.2, 0.25) is 0 Å². The highest BCUT2D eigenvalue weighted by molar-refractivity contribution is 7.21. The standard InChI is InChI=1S/C15H9ClN2S/c1-8-9-4-2-3-5-10(9)13-14(8)19-15-11(17-13)6-7-12(16)18-15/h2-7H,1H3. The average molecular weight is 285 g/mol. The predicted molar refractivity (Wildman–Crippen MR) is 81.3 cm³/mol. The van der Waals surface area contributed by atoms with Gasteiger partial charge in [-0.3, -0.25) is 0 Å². The van der Waals surface area contributed by atoms with Crippen LogP contribution in [0.25, 0.3) is 31.7 Å². The summed E-state index contributed by atoms with van der Waals surface area (Å²) < 4.78 is 0. The Balaban J connectivity index is 2.24. The van der Waals surface area contributed by atoms with Crippen LogP contribution >= 0.6 is 22.9 Å². The first-order valence-corrected chi connectivity index (χ1v) is 7.17. The first-order valence-electron chi connectivity index (χ1n) is 5.98. The van der Waals surface area contributed by atoms with Crippen LogP contribution in [0.1, 0.15) is 5.56 Å². The number of aryl methyl sites for hydroxylation is 1. The summed E-state index contributed by atoms with van der Waals surface area (Å²) in [6.45, 7) is 2.14. The molecule has 2 aliphatic rings. The van der Waals surface area contributed by atoms with Crippen molar-refractivity contribution in [3.05, 3.63) is 47.1 Å². The number of nitrogens with zero attached hydrogens (tertiary/aromatic N) is 2. The lowest BCUT2D eigenvalue weighted by Crippen LogP contribution is -1.85. The molecule has 2 nitrogen and oxygen atoms in total. The molecule has 1 aromatic carbocycles. The van der Waals surface area contributed by atoms with Gasteiger partial charge in [-0.05, 0) is 30.0 Å². The maximum atomic E-state index is 5.96. The molecule has 0 radical (unpaired) electrons. The number of benzene rings is 1. The minimum Gasteiger partial charge on any atom is -0.244 e. The molecular weight excluding hydrogens is 276 g/mol. The molecule has 1 aliphatic carbocycles. The highest BCUT2D eigenvalue weighted by atomic mass is 35.5. The van der Waals surface area contributed by atoms with Gasteiger partial charge in [0, 0.05) is 5.39 Å². The van der Waals surface area contributed by atoms with Crippen LogP contribution in [0, 0.1) is 6.92 Å². The van der Waals surface area contributed by atoms with Gasteiger partial charge in [0.05, 0.1) is 16.1 Å². The monoisotopic (exact) mass is 284 g/mol. The van der Waals surface area contributed by atoms with Crippen molar-refractivity contribution >= 4 is 44.1 Å². The van der Waals surface area contributed by atoms with Gasteiger partial charge in [0.25, 0.3) is 0 Å². The Morgan fingerprint density at radius 2 is 1.79 bits per heavy atom. The molecule has 0 N–H and O–H groups in total. The third-order valence-electron chi connectivity index (χ3n) is 3.38. The van der Waals surface area contributed by atoms with Gasteiger partial charge in [-0.2, -0.15) is 0 Å². The number of hydrogen-bond donors (Lipinski definition) is 0. The van der Waals surface area contributed by atoms with Gasteiger partial charge in [0.1, 0.15) is 9.98 Å². The quantitative estimate of drug-likeness (QED) is 0.429. The summed E-state index contributed by atoms with van der Waals surface area (Å²) in [7, 11) is 0. The van der Waals surface area contributed by atoms with E-state index in [2.05, 4.69) is 36.2 Å². The molecule has 1 aromatic heterocycles. The van der Waals surface area contributed by atoms with Gasteiger partial charge < -0.3 is 0 Å². The second-order valence-corrected chi connectivity index (χ2v) is 5.91. The van der Waals surface area contributed by atoms with E-state index in [1.54, 1.807) is 17.4 Å². The van der Waals surface area contributed by atoms with E-state index in [0.717, 1.165) is 16.0 Å². The zero-order valence-corrected chi connectivity index (χ0v) is 11.7. The molecule has 4 rings (SSSR count). The van der Waals surface area contributed by atoms with Crippen molar-refractivity contribution in [3.8, 4) is 10.6 Å². The fourth-order valence-corrected chi connectivity index (χ4v) is 3.73. The van der Waals surface area contributed by atoms with Gasteiger partial charge >= 0.3 is 0 Å². The molecular formula is C15H9ClN2S. The number of rotatable bonds is 0. The first-order chi connectivity index (χ1) is 9.24. The Kier molecular flexibility index (Phi) is 2.28. The van der Waals surface area contributed by atoms with Crippen molar-refractivity contribution < 1.29 is 0 Å². The summed E-state index contributed by atoms with van der Waals surface area (Å²) in [6.07, 6.45) is 0. The second-order valence-electron chi connectivity index (χ2n) is 4.52. The fraction of sp³-hybridized carbons (Fsp3) is 0.0667. The molecule has 19 heavy (non-hydrogen) atoms. The van der Waals surface area contributed by atoms with Gasteiger partial charge in [-0.1, -0.05) is 35.9 Å². The summed E-state index contributed by atoms with van der Waals surface area (Å²) in [5.74, 6) is 0. The van der Waals surface area contributed by atoms with Crippen molar-refractivity contribution in [3.63, 3.8) is 0 Å². The lowest BCUT2D eigenvalue weighted by Gasteiger charge is -2.02. The van der Waals surface area contributed by atoms with E-state index in [-0.39, 0.29) is 0 Å². The van der Waals surface area contributed by atoms with Crippen molar-refractivity contribution in [2.24, 2.45) is 0 Å². The van der Waals surface area contributed by atoms with Crippen molar-refractivity contribution in [1.29, 1.82) is 0 Å². The molecule has 1 aliphatic heterocycles. The van der Waals surface area contributed by atoms with E-state index in [9.17, 15) is 0 Å². The van der Waals surface area contributed by atoms with Crippen LogP contribution < -0.4 is 0 Å². The Morgan fingerprint density at radius 3 is 2.63 bits per heavy atom. The zero-order chi connectivity index (χ0) is 13.0. The first kappa shape index (κ1) is 11.1. The van der Waals surface area contributed by atoms with Gasteiger partial charge in [0.15, 0.2) is 0 Å². The van der Waals surface area contributed by atoms with Crippen LogP contribution in [0.2, 0.25) is 5.15 Å². The average Bonchev–Trinajstić information content (AvgIpc) is 2.70. The summed E-state index contributed by atoms with van der Waals surface area (Å²) in [5.41, 5.74) is 3.24. The third-order valence-corrected chi connectivity index (χ3v) is 4.79. The largest absolute Gasteiger partial charge is 0.244 e. The number of halogens is 1. The third kappa shape index (κ3) is 1.55. The SMILES string of the molecule is Cc1c2sc3nc(Cl)ccc3nc-2c2ccccc12. The lowest BCUT2D eigenvalue weighted by atomic mass is 10.2. The summed E-state index contributed by atoms with van der Waals surface area (Å²) in [6, 6.07) is 12.1. The van der Waals surface area contributed by atoms with Gasteiger partial charge in [-0.15, -0.1) is 11.3 Å². The maximum absolute atomic E-state index is 5.96. The van der Waals surface area contributed by atoms with E-state index in [0.29, 0.717) is 5.15 Å². The van der Waals surface area contributed by atoms with Crippen LogP contribution in [-0.4, -0.2) is 9.97 Å². The second kappa shape index (κ2) is 3.89. The van der Waals surface area contributed by atoms with E-state index in [1.165, 1.54) is 21.2 Å². The Labute approximate surface area is 119 Å². The Hall–Kier alpha value is -1.71. The van der Waals surface area contributed by atoms with E-state index >= 15 is 0 Å². The lowest BCUT2D eigenvalue weighted by molar-refractivity contribution is 1.38. The zero-order valence-electron chi connectivity index (χ0n) is 10.1. The van der Waals surface area contributed by atoms with Crippen molar-refractivity contribution in [2.75, 3.05) is 0 Å². The molecule has 2 heterocycles. The van der Waals surface area contributed by atoms with Crippen LogP contribution in [-0.2, 0) is 0 Å². The van der Waals surface area contributed by atoms with Crippen molar-refractivity contribution in [1.82, 2.24) is 9.97 Å². The molecule has 92 valence electrons. The summed E-state index contributed by atoms with van der Waals surface area (Å²) in [4.78, 5) is 11.2. The van der Waals surface area contributed by atoms with Crippen LogP contribution in [0.15, 0.2) is 36.4 Å². The Bertz CT molecular complexity index is 897. The maximum Gasteiger partial charge on any atom is 0.144 e. The van der Waals surface area contributed by atoms with Crippen LogP contribution in [0.4, 0.5) is 0 Å². The molecule has 2 aromatic rings. The molecule has 0 bridgehead atoms. The number of fused-ring (bicyclic) bond motifs is 4. The highest BCUT2D eigenvalue weighted by Crippen LogP contribution is 2.41. The smallest absolute Gasteiger partial charge is 0.144 e. The summed E-state index contributed by atoms with van der Waals surface area (Å²) >= 11 is 7.62. The van der Waals surface area contributed by atoms with E-state index in [4.69, 9.17) is 16.6 Å². The molecule has 0 saturated heterocycles. The molecule has 4 heteroatoms. The minimum absolute atomic E-state index is 0.513. The van der Waals surface area contributed by atoms with E-state index < -0.39 is 0 Å². The van der Waals surface area contributed by atoms with Crippen LogP contribution in [0.5, 0.6) is 0 Å². The molecule has 0 spiro atoms. The predicted octanol–water partition coefficient (Wildman–Crippen LogP) is 4.91. The van der Waals surface area contributed by atoms with Crippen molar-refractivity contribution in [2.45, 2.75) is 6.92 Å². The normalized spacial score (nSPS) is 11.7. The van der Waals surface area contributed by atoms with Gasteiger partial charge in [-0.25, -0.2) is 9.97 Å². The topological polar surface area (TPSA) is 25.8 Å². The number of aromatic nitrogens is 2. The Morgan fingerprint density at radius 1 is 1.00 bits per heavy atom.